The van der Waals surface area contributed by atoms with Gasteiger partial charge in [-0.15, -0.1) is 0 Å². The zero-order valence-corrected chi connectivity index (χ0v) is 10.4. The lowest BCUT2D eigenvalue weighted by molar-refractivity contribution is 0.201. The molecule has 0 aromatic heterocycles. The minimum Gasteiger partial charge on any atom is -0.313 e. The summed E-state index contributed by atoms with van der Waals surface area (Å²) < 4.78 is 14.7. The lowest BCUT2D eigenvalue weighted by atomic mass is 9.88. The quantitative estimate of drug-likeness (QED) is 0.732. The van der Waals surface area contributed by atoms with Gasteiger partial charge in [0, 0.05) is 12.7 Å². The van der Waals surface area contributed by atoms with E-state index in [1.165, 1.54) is 0 Å². The fourth-order valence-corrected chi connectivity index (χ4v) is 1.87. The van der Waals surface area contributed by atoms with Crippen molar-refractivity contribution < 1.29 is 4.39 Å². The van der Waals surface area contributed by atoms with Crippen LogP contribution >= 0.6 is 0 Å². The Labute approximate surface area is 97.3 Å². The van der Waals surface area contributed by atoms with E-state index in [2.05, 4.69) is 16.9 Å². The second-order valence-electron chi connectivity index (χ2n) is 4.71. The van der Waals surface area contributed by atoms with E-state index in [1.54, 1.807) is 6.20 Å². The maximum Gasteiger partial charge on any atom is 0.165 e. The van der Waals surface area contributed by atoms with Gasteiger partial charge in [-0.05, 0) is 45.7 Å². The van der Waals surface area contributed by atoms with Crippen molar-refractivity contribution >= 4 is 5.71 Å². The smallest absolute Gasteiger partial charge is 0.165 e. The van der Waals surface area contributed by atoms with Gasteiger partial charge in [0.05, 0.1) is 5.71 Å². The van der Waals surface area contributed by atoms with Crippen LogP contribution in [0, 0.1) is 0 Å². The van der Waals surface area contributed by atoms with E-state index in [4.69, 9.17) is 0 Å². The lowest BCUT2D eigenvalue weighted by Crippen LogP contribution is -2.48. The molecule has 16 heavy (non-hydrogen) atoms. The molecule has 0 amide bonds. The third-order valence-electron chi connectivity index (χ3n) is 2.61. The number of aliphatic imine (C=N–C) groups is 1. The molecular weight excluding hydrogens is 203 g/mol. The van der Waals surface area contributed by atoms with Crippen molar-refractivity contribution in [2.75, 3.05) is 13.1 Å². The van der Waals surface area contributed by atoms with Crippen LogP contribution in [0.25, 0.3) is 0 Å². The first-order valence-electron chi connectivity index (χ1n) is 5.73. The summed E-state index contributed by atoms with van der Waals surface area (Å²) in [7, 11) is 0. The first-order valence-corrected chi connectivity index (χ1v) is 5.73. The van der Waals surface area contributed by atoms with E-state index in [-0.39, 0.29) is 0 Å². The third kappa shape index (κ3) is 3.27. The van der Waals surface area contributed by atoms with Crippen LogP contribution in [0.1, 0.15) is 33.6 Å². The molecule has 1 aliphatic heterocycles. The van der Waals surface area contributed by atoms with Gasteiger partial charge in [-0.25, -0.2) is 4.39 Å². The zero-order valence-electron chi connectivity index (χ0n) is 10.4. The molecular formula is C13H21FN2. The van der Waals surface area contributed by atoms with Gasteiger partial charge in [0.15, 0.2) is 5.67 Å². The second-order valence-corrected chi connectivity index (χ2v) is 4.71. The van der Waals surface area contributed by atoms with Crippen LogP contribution in [-0.2, 0) is 0 Å². The number of allylic oxidation sites excluding steroid dienone is 2. The molecule has 1 aliphatic rings. The summed E-state index contributed by atoms with van der Waals surface area (Å²) in [6.45, 7) is 10.8. The van der Waals surface area contributed by atoms with Crippen LogP contribution in [-0.4, -0.2) is 24.5 Å². The summed E-state index contributed by atoms with van der Waals surface area (Å²) in [4.78, 5) is 4.26. The predicted molar refractivity (Wildman–Crippen MR) is 67.6 cm³/mol. The molecule has 0 spiro atoms. The molecule has 0 radical (unpaired) electrons. The number of alkyl halides is 1. The Hall–Kier alpha value is -0.960. The maximum absolute atomic E-state index is 14.7. The SMILES string of the molecule is C=C(C)C(=NC=C(C)C)C1(F)CCCNC1. The number of nitrogens with one attached hydrogen (secondary N) is 1. The number of nitrogens with zero attached hydrogens (tertiary/aromatic N) is 1. The Morgan fingerprint density at radius 3 is 2.56 bits per heavy atom. The summed E-state index contributed by atoms with van der Waals surface area (Å²) in [5, 5.41) is 3.08. The largest absolute Gasteiger partial charge is 0.313 e. The van der Waals surface area contributed by atoms with Crippen molar-refractivity contribution in [3.8, 4) is 0 Å². The predicted octanol–water partition coefficient (Wildman–Crippen LogP) is 3.02. The molecule has 1 N–H and O–H groups in total. The molecule has 0 saturated carbocycles. The number of hydrogen-bond acceptors (Lipinski definition) is 2. The Balaban J connectivity index is 2.96. The molecule has 1 rings (SSSR count). The van der Waals surface area contributed by atoms with E-state index in [0.717, 1.165) is 18.5 Å². The first-order chi connectivity index (χ1) is 7.46. The maximum atomic E-state index is 14.7. The van der Waals surface area contributed by atoms with Gasteiger partial charge < -0.3 is 5.32 Å². The molecule has 2 nitrogen and oxygen atoms in total. The van der Waals surface area contributed by atoms with Crippen LogP contribution in [0.3, 0.4) is 0 Å². The van der Waals surface area contributed by atoms with E-state index < -0.39 is 5.67 Å². The van der Waals surface area contributed by atoms with Crippen molar-refractivity contribution in [2.45, 2.75) is 39.3 Å². The van der Waals surface area contributed by atoms with Gasteiger partial charge in [-0.3, -0.25) is 4.99 Å². The molecule has 3 heteroatoms. The Morgan fingerprint density at radius 2 is 2.12 bits per heavy atom. The molecule has 1 unspecified atom stereocenters. The molecule has 1 heterocycles. The van der Waals surface area contributed by atoms with Gasteiger partial charge >= 0.3 is 0 Å². The number of hydrogen-bond donors (Lipinski definition) is 1. The summed E-state index contributed by atoms with van der Waals surface area (Å²) in [5.41, 5.74) is 0.909. The van der Waals surface area contributed by atoms with Crippen molar-refractivity contribution in [1.29, 1.82) is 0 Å². The molecule has 1 fully saturated rings. The van der Waals surface area contributed by atoms with E-state index in [0.29, 0.717) is 24.3 Å². The first kappa shape index (κ1) is 13.1. The van der Waals surface area contributed by atoms with Crippen molar-refractivity contribution in [3.63, 3.8) is 0 Å². The van der Waals surface area contributed by atoms with Gasteiger partial charge in [-0.1, -0.05) is 12.2 Å². The second kappa shape index (κ2) is 5.39. The van der Waals surface area contributed by atoms with Gasteiger partial charge in [0.1, 0.15) is 0 Å². The fraction of sp³-hybridized carbons (Fsp3) is 0.615. The van der Waals surface area contributed by atoms with Crippen LogP contribution in [0.15, 0.2) is 28.9 Å². The van der Waals surface area contributed by atoms with Gasteiger partial charge in [0.25, 0.3) is 0 Å². The van der Waals surface area contributed by atoms with Gasteiger partial charge in [-0.2, -0.15) is 0 Å². The molecule has 0 bridgehead atoms. The molecule has 0 aliphatic carbocycles. The minimum absolute atomic E-state index is 0.343. The van der Waals surface area contributed by atoms with Crippen LogP contribution in [0.5, 0.6) is 0 Å². The van der Waals surface area contributed by atoms with Gasteiger partial charge in [0.2, 0.25) is 0 Å². The minimum atomic E-state index is -1.35. The summed E-state index contributed by atoms with van der Waals surface area (Å²) >= 11 is 0. The monoisotopic (exact) mass is 224 g/mol. The fourth-order valence-electron chi connectivity index (χ4n) is 1.87. The van der Waals surface area contributed by atoms with Crippen LogP contribution in [0.4, 0.5) is 4.39 Å². The molecule has 1 saturated heterocycles. The molecule has 0 aromatic carbocycles. The van der Waals surface area contributed by atoms with E-state index in [9.17, 15) is 4.39 Å². The topological polar surface area (TPSA) is 24.4 Å². The summed E-state index contributed by atoms with van der Waals surface area (Å²) in [6, 6.07) is 0. The summed E-state index contributed by atoms with van der Waals surface area (Å²) in [6.07, 6.45) is 3.08. The average molecular weight is 224 g/mol. The Bertz CT molecular complexity index is 319. The summed E-state index contributed by atoms with van der Waals surface area (Å²) in [5.74, 6) is 0. The Kier molecular flexibility index (Phi) is 4.42. The highest BCUT2D eigenvalue weighted by atomic mass is 19.1. The van der Waals surface area contributed by atoms with Crippen molar-refractivity contribution in [3.05, 3.63) is 23.9 Å². The normalized spacial score (nSPS) is 26.4. The average Bonchev–Trinajstić information content (AvgIpc) is 2.17. The van der Waals surface area contributed by atoms with E-state index in [1.807, 2.05) is 20.8 Å². The van der Waals surface area contributed by atoms with E-state index >= 15 is 0 Å². The number of halogens is 1. The Morgan fingerprint density at radius 1 is 1.44 bits per heavy atom. The lowest BCUT2D eigenvalue weighted by Gasteiger charge is -2.31. The number of rotatable bonds is 3. The molecule has 0 aromatic rings. The molecule has 1 atom stereocenters. The molecule has 90 valence electrons. The van der Waals surface area contributed by atoms with Crippen LogP contribution in [0.2, 0.25) is 0 Å². The zero-order chi connectivity index (χ0) is 12.2. The highest BCUT2D eigenvalue weighted by molar-refractivity contribution is 6.06. The highest BCUT2D eigenvalue weighted by Crippen LogP contribution is 2.26. The standard InChI is InChI=1S/C13H21FN2/c1-10(2)8-16-12(11(3)4)13(14)6-5-7-15-9-13/h8,15H,3,5-7,9H2,1-2,4H3. The highest BCUT2D eigenvalue weighted by Gasteiger charge is 2.37. The van der Waals surface area contributed by atoms with Crippen molar-refractivity contribution in [2.24, 2.45) is 4.99 Å². The van der Waals surface area contributed by atoms with Crippen LogP contribution < -0.4 is 5.32 Å². The number of piperidine rings is 1. The third-order valence-corrected chi connectivity index (χ3v) is 2.61. The van der Waals surface area contributed by atoms with Crippen molar-refractivity contribution in [1.82, 2.24) is 5.32 Å².